The number of aromatic nitrogens is 3. The third kappa shape index (κ3) is 6.73. The Kier molecular flexibility index (Phi) is 7.27. The summed E-state index contributed by atoms with van der Waals surface area (Å²) in [5.41, 5.74) is 1.92. The first-order chi connectivity index (χ1) is 17.7. The molecule has 2 heterocycles. The molecule has 4 aromatic rings. The van der Waals surface area contributed by atoms with Gasteiger partial charge in [0.15, 0.2) is 15.7 Å². The van der Waals surface area contributed by atoms with Crippen molar-refractivity contribution in [2.24, 2.45) is 5.14 Å². The molecule has 2 aromatic carbocycles. The summed E-state index contributed by atoms with van der Waals surface area (Å²) in [5, 5.41) is 10.3. The summed E-state index contributed by atoms with van der Waals surface area (Å²) >= 11 is 0. The van der Waals surface area contributed by atoms with Crippen LogP contribution in [0.5, 0.6) is 0 Å². The highest BCUT2D eigenvalue weighted by Gasteiger charge is 2.27. The highest BCUT2D eigenvalue weighted by Crippen LogP contribution is 2.27. The first kappa shape index (κ1) is 27.2. The lowest BCUT2D eigenvalue weighted by molar-refractivity contribution is -0.115. The number of nitrogens with two attached hydrogens (primary N) is 1. The number of sulfonamides is 1. The number of fused-ring (bicyclic) bond motifs is 1. The molecular formula is C23H21F3N6O4S2. The minimum atomic E-state index is -4.52. The van der Waals surface area contributed by atoms with Crippen LogP contribution in [0, 0.1) is 0 Å². The van der Waals surface area contributed by atoms with Crippen molar-refractivity contribution in [3.8, 4) is 11.3 Å². The van der Waals surface area contributed by atoms with Gasteiger partial charge in [-0.25, -0.2) is 31.9 Å². The predicted octanol–water partition coefficient (Wildman–Crippen LogP) is 3.33. The summed E-state index contributed by atoms with van der Waals surface area (Å²) in [6.07, 6.45) is -3.44. The van der Waals surface area contributed by atoms with Crippen molar-refractivity contribution < 1.29 is 30.0 Å². The van der Waals surface area contributed by atoms with E-state index in [1.165, 1.54) is 36.4 Å². The van der Waals surface area contributed by atoms with E-state index in [0.29, 0.717) is 16.8 Å². The first-order valence-electron chi connectivity index (χ1n) is 10.8. The van der Waals surface area contributed by atoms with Gasteiger partial charge < -0.3 is 10.6 Å². The fourth-order valence-corrected chi connectivity index (χ4v) is 4.56. The lowest BCUT2D eigenvalue weighted by Crippen LogP contribution is -2.22. The first-order valence-corrected chi connectivity index (χ1v) is 14.3. The van der Waals surface area contributed by atoms with Crippen molar-refractivity contribution >= 4 is 42.7 Å². The number of hydrogen-bond donors (Lipinski definition) is 3. The monoisotopic (exact) mass is 566 g/mol. The summed E-state index contributed by atoms with van der Waals surface area (Å²) in [6.45, 7) is -1.21. The molecule has 38 heavy (non-hydrogen) atoms. The molecule has 0 fully saturated rings. The normalized spacial score (nSPS) is 12.4. The number of halogens is 3. The van der Waals surface area contributed by atoms with Crippen molar-refractivity contribution in [2.45, 2.75) is 22.5 Å². The lowest BCUT2D eigenvalue weighted by atomic mass is 10.1. The molecule has 10 nitrogen and oxygen atoms in total. The molecule has 0 amide bonds. The summed E-state index contributed by atoms with van der Waals surface area (Å²) in [4.78, 5) is 13.0. The van der Waals surface area contributed by atoms with Crippen molar-refractivity contribution in [1.82, 2.24) is 15.0 Å². The van der Waals surface area contributed by atoms with Crippen molar-refractivity contribution in [2.75, 3.05) is 23.4 Å². The molecule has 4 N–H and O–H groups in total. The molecule has 0 bridgehead atoms. The van der Waals surface area contributed by atoms with Crippen LogP contribution in [-0.4, -0.2) is 50.8 Å². The van der Waals surface area contributed by atoms with Crippen LogP contribution in [0.4, 0.5) is 24.9 Å². The molecule has 0 aliphatic heterocycles. The van der Waals surface area contributed by atoms with E-state index in [2.05, 4.69) is 25.6 Å². The van der Waals surface area contributed by atoms with E-state index in [1.54, 1.807) is 24.3 Å². The van der Waals surface area contributed by atoms with Crippen LogP contribution in [0.3, 0.4) is 0 Å². The Morgan fingerprint density at radius 2 is 1.45 bits per heavy atom. The van der Waals surface area contributed by atoms with Crippen molar-refractivity contribution in [3.63, 3.8) is 0 Å². The van der Waals surface area contributed by atoms with Crippen molar-refractivity contribution in [1.29, 1.82) is 0 Å². The van der Waals surface area contributed by atoms with Gasteiger partial charge in [0.25, 0.3) is 0 Å². The van der Waals surface area contributed by atoms with Crippen molar-refractivity contribution in [3.05, 3.63) is 66.2 Å². The number of sulfone groups is 1. The van der Waals surface area contributed by atoms with Gasteiger partial charge in [0.2, 0.25) is 16.0 Å². The molecule has 0 saturated heterocycles. The minimum absolute atomic E-state index is 0.0183. The van der Waals surface area contributed by atoms with E-state index in [-0.39, 0.29) is 39.1 Å². The van der Waals surface area contributed by atoms with Gasteiger partial charge in [-0.15, -0.1) is 0 Å². The van der Waals surface area contributed by atoms with Crippen LogP contribution >= 0.6 is 0 Å². The summed E-state index contributed by atoms with van der Waals surface area (Å²) in [6, 6.07) is 14.8. The second-order valence-corrected chi connectivity index (χ2v) is 11.8. The predicted molar refractivity (Wildman–Crippen MR) is 136 cm³/mol. The Hall–Kier alpha value is -3.82. The Balaban J connectivity index is 1.66. The molecule has 4 rings (SSSR count). The molecule has 0 aliphatic rings. The molecular weight excluding hydrogens is 545 g/mol. The van der Waals surface area contributed by atoms with E-state index in [1.807, 2.05) is 0 Å². The Bertz CT molecular complexity index is 1690. The van der Waals surface area contributed by atoms with Gasteiger partial charge in [0, 0.05) is 18.4 Å². The molecule has 15 heteroatoms. The smallest absolute Gasteiger partial charge is 0.359 e. The number of primary sulfonamides is 1. The van der Waals surface area contributed by atoms with Crippen LogP contribution in [0.2, 0.25) is 0 Å². The molecule has 200 valence electrons. The fourth-order valence-electron chi connectivity index (χ4n) is 3.41. The van der Waals surface area contributed by atoms with Gasteiger partial charge >= 0.3 is 6.18 Å². The van der Waals surface area contributed by atoms with Crippen LogP contribution in [0.15, 0.2) is 70.5 Å². The molecule has 2 aromatic heterocycles. The standard InChI is InChI=1S/C23H21F3N6O4S2/c1-37(33,34)16-8-4-15(5-9-16)18-10-11-19-20(30-18)21(29-13-23(24,25)26)32-22(31-19)28-12-14-2-6-17(7-3-14)38(27,35)36/h2-11H,12-13H2,1H3,(H2,27,35,36)(H2,28,29,31,32). The maximum Gasteiger partial charge on any atom is 0.405 e. The van der Waals surface area contributed by atoms with Gasteiger partial charge in [-0.2, -0.15) is 18.2 Å². The Morgan fingerprint density at radius 3 is 2.03 bits per heavy atom. The molecule has 0 saturated carbocycles. The number of nitrogens with zero attached hydrogens (tertiary/aromatic N) is 3. The van der Waals surface area contributed by atoms with Gasteiger partial charge in [-0.3, -0.25) is 0 Å². The van der Waals surface area contributed by atoms with Gasteiger partial charge in [-0.1, -0.05) is 24.3 Å². The summed E-state index contributed by atoms with van der Waals surface area (Å²) < 4.78 is 85.1. The number of nitrogens with one attached hydrogen (secondary N) is 2. The van der Waals surface area contributed by atoms with Gasteiger partial charge in [0.1, 0.15) is 12.1 Å². The maximum atomic E-state index is 13.0. The van der Waals surface area contributed by atoms with E-state index >= 15 is 0 Å². The van der Waals surface area contributed by atoms with E-state index in [0.717, 1.165) is 6.26 Å². The quantitative estimate of drug-likeness (QED) is 0.291. The maximum absolute atomic E-state index is 13.0. The molecule has 0 unspecified atom stereocenters. The number of hydrogen-bond acceptors (Lipinski definition) is 9. The Labute approximate surface area is 216 Å². The highest BCUT2D eigenvalue weighted by atomic mass is 32.2. The minimum Gasteiger partial charge on any atom is -0.359 e. The van der Waals surface area contributed by atoms with Crippen LogP contribution in [-0.2, 0) is 26.4 Å². The largest absolute Gasteiger partial charge is 0.405 e. The number of alkyl halides is 3. The number of pyridine rings is 1. The fraction of sp³-hybridized carbons (Fsp3) is 0.174. The topological polar surface area (TPSA) is 157 Å². The molecule has 0 atom stereocenters. The lowest BCUT2D eigenvalue weighted by Gasteiger charge is -2.14. The number of benzene rings is 2. The van der Waals surface area contributed by atoms with E-state index in [9.17, 15) is 30.0 Å². The van der Waals surface area contributed by atoms with E-state index in [4.69, 9.17) is 5.14 Å². The third-order valence-electron chi connectivity index (χ3n) is 5.28. The average Bonchev–Trinajstić information content (AvgIpc) is 2.84. The molecule has 0 spiro atoms. The second kappa shape index (κ2) is 10.2. The van der Waals surface area contributed by atoms with Gasteiger partial charge in [0.05, 0.1) is 21.0 Å². The summed E-state index contributed by atoms with van der Waals surface area (Å²) in [5.74, 6) is -0.140. The van der Waals surface area contributed by atoms with Crippen LogP contribution in [0.1, 0.15) is 5.56 Å². The number of rotatable bonds is 8. The third-order valence-corrected chi connectivity index (χ3v) is 7.34. The van der Waals surface area contributed by atoms with E-state index < -0.39 is 32.6 Å². The SMILES string of the molecule is CS(=O)(=O)c1ccc(-c2ccc3nc(NCc4ccc(S(N)(=O)=O)cc4)nc(NCC(F)(F)F)c3n2)cc1. The number of anilines is 2. The second-order valence-electron chi connectivity index (χ2n) is 8.27. The zero-order chi connectivity index (χ0) is 27.7. The highest BCUT2D eigenvalue weighted by molar-refractivity contribution is 7.90. The molecule has 0 radical (unpaired) electrons. The van der Waals surface area contributed by atoms with Crippen LogP contribution < -0.4 is 15.8 Å². The zero-order valence-corrected chi connectivity index (χ0v) is 21.3. The van der Waals surface area contributed by atoms with Crippen LogP contribution in [0.25, 0.3) is 22.3 Å². The molecule has 0 aliphatic carbocycles. The summed E-state index contributed by atoms with van der Waals surface area (Å²) in [7, 11) is -7.25. The zero-order valence-electron chi connectivity index (χ0n) is 19.7. The van der Waals surface area contributed by atoms with Gasteiger partial charge in [-0.05, 0) is 42.0 Å². The average molecular weight is 567 g/mol. The Morgan fingerprint density at radius 1 is 0.816 bits per heavy atom.